The largest absolute Gasteiger partial charge is 0.748 e. The van der Waals surface area contributed by atoms with E-state index in [4.69, 9.17) is 14.4 Å². The maximum atomic E-state index is 11.1. The molecule has 3 aliphatic rings. The summed E-state index contributed by atoms with van der Waals surface area (Å²) in [6.07, 6.45) is 6.99. The van der Waals surface area contributed by atoms with Gasteiger partial charge in [-0.3, -0.25) is 9.35 Å². The van der Waals surface area contributed by atoms with Crippen molar-refractivity contribution in [2.24, 2.45) is 0 Å². The van der Waals surface area contributed by atoms with Crippen LogP contribution in [0.1, 0.15) is 108 Å². The predicted molar refractivity (Wildman–Crippen MR) is 257 cm³/mol. The Kier molecular flexibility index (Phi) is 18.1. The van der Waals surface area contributed by atoms with Gasteiger partial charge in [0.25, 0.3) is 10.1 Å². The van der Waals surface area contributed by atoms with Gasteiger partial charge >= 0.3 is 0 Å². The number of aromatic hydroxyl groups is 1. The Morgan fingerprint density at radius 2 is 1.34 bits per heavy atom. The summed E-state index contributed by atoms with van der Waals surface area (Å²) in [6, 6.07) is 30.9. The molecule has 1 spiro atoms. The molecule has 1 unspecified atom stereocenters. The van der Waals surface area contributed by atoms with Crippen LogP contribution in [0.5, 0.6) is 11.5 Å². The highest BCUT2D eigenvalue weighted by molar-refractivity contribution is 7.85. The first-order chi connectivity index (χ1) is 30.2. The number of fused-ring (bicyclic) bond motifs is 3. The zero-order chi connectivity index (χ0) is 47.3. The van der Waals surface area contributed by atoms with E-state index < -0.39 is 26.0 Å². The van der Waals surface area contributed by atoms with E-state index in [2.05, 4.69) is 106 Å². The van der Waals surface area contributed by atoms with Crippen molar-refractivity contribution in [1.82, 2.24) is 4.90 Å². The van der Waals surface area contributed by atoms with E-state index in [1.54, 1.807) is 18.2 Å². The molecular formula is C50H67N3O9S2. The Morgan fingerprint density at radius 3 is 1.94 bits per heavy atom. The highest BCUT2D eigenvalue weighted by atomic mass is 32.2. The van der Waals surface area contributed by atoms with Crippen LogP contribution in [0.25, 0.3) is 6.08 Å². The quantitative estimate of drug-likeness (QED) is 0.0536. The summed E-state index contributed by atoms with van der Waals surface area (Å²) in [5.74, 6) is 0.380. The molecule has 348 valence electrons. The number of rotatable bonds is 14. The van der Waals surface area contributed by atoms with E-state index in [1.165, 1.54) is 48.2 Å². The van der Waals surface area contributed by atoms with Crippen molar-refractivity contribution in [1.29, 1.82) is 0 Å². The molecule has 3 aliphatic heterocycles. The number of phenolic OH excluding ortho intramolecular Hbond substituents is 1. The van der Waals surface area contributed by atoms with Crippen LogP contribution in [0, 0.1) is 0 Å². The number of benzene rings is 4. The van der Waals surface area contributed by atoms with Gasteiger partial charge < -0.3 is 24.2 Å². The monoisotopic (exact) mass is 917 g/mol. The molecule has 14 heteroatoms. The Balaban J connectivity index is 0.000000215. The van der Waals surface area contributed by atoms with Gasteiger partial charge in [0.15, 0.2) is 12.0 Å². The Hall–Kier alpha value is -4.86. The van der Waals surface area contributed by atoms with Crippen LogP contribution in [0.2, 0.25) is 0 Å². The van der Waals surface area contributed by atoms with Gasteiger partial charge in [-0.15, -0.1) is 0 Å². The van der Waals surface area contributed by atoms with Crippen LogP contribution in [0.4, 0.5) is 11.4 Å². The molecule has 0 aromatic heterocycles. The third-order valence-corrected chi connectivity index (χ3v) is 14.1. The molecule has 2 N–H and O–H groups in total. The number of unbranched alkanes of at least 4 members (excludes halogenated alkanes) is 2. The smallest absolute Gasteiger partial charge is 0.264 e. The van der Waals surface area contributed by atoms with Crippen molar-refractivity contribution in [2.75, 3.05) is 49.1 Å². The lowest BCUT2D eigenvalue weighted by molar-refractivity contribution is -0.439. The van der Waals surface area contributed by atoms with Crippen LogP contribution in [-0.2, 0) is 31.1 Å². The topological polar surface area (TPSA) is 168 Å². The van der Waals surface area contributed by atoms with Crippen molar-refractivity contribution in [3.8, 4) is 11.5 Å². The van der Waals surface area contributed by atoms with Gasteiger partial charge in [-0.2, -0.15) is 13.0 Å². The SMILES string of the molecule is CC1(C)c2ccccc2N(CCCCS(=O)(=O)O)C12C=Cc1ccccc1O2.CC1=[N+](CCCCS(=O)(=O)[O-])c2ccccc2C1(C)C.CCN(CC)CC.O=Cc1ccccc1O. The zero-order valence-electron chi connectivity index (χ0n) is 38.7. The number of carbonyl (C=O) groups is 1. The average Bonchev–Trinajstić information content (AvgIpc) is 3.56. The maximum absolute atomic E-state index is 11.1. The van der Waals surface area contributed by atoms with Crippen molar-refractivity contribution < 1.29 is 45.2 Å². The number of hydrogen-bond donors (Lipinski definition) is 2. The highest BCUT2D eigenvalue weighted by Gasteiger charge is 2.58. The fraction of sp³-hybridized carbons (Fsp3) is 0.440. The first-order valence-electron chi connectivity index (χ1n) is 22.1. The van der Waals surface area contributed by atoms with Crippen LogP contribution in [0.15, 0.2) is 103 Å². The molecule has 0 amide bonds. The third-order valence-electron chi connectivity index (χ3n) is 12.5. The minimum absolute atomic E-state index is 0.00119. The molecule has 1 atom stereocenters. The van der Waals surface area contributed by atoms with E-state index in [1.807, 2.05) is 48.5 Å². The number of hydrogen-bond acceptors (Lipinski definition) is 10. The van der Waals surface area contributed by atoms with E-state index in [0.717, 1.165) is 23.5 Å². The number of aldehydes is 1. The Bertz CT molecular complexity index is 2470. The van der Waals surface area contributed by atoms with Gasteiger partial charge in [0.05, 0.1) is 32.3 Å². The zero-order valence-corrected chi connectivity index (χ0v) is 40.3. The number of nitrogens with zero attached hydrogens (tertiary/aromatic N) is 3. The summed E-state index contributed by atoms with van der Waals surface area (Å²) in [6.45, 7) is 22.4. The van der Waals surface area contributed by atoms with Gasteiger partial charge in [-0.05, 0) is 109 Å². The first-order valence-corrected chi connectivity index (χ1v) is 25.3. The van der Waals surface area contributed by atoms with E-state index in [-0.39, 0.29) is 28.1 Å². The standard InChI is InChI=1S/C22H25NO4S.C15H21NO3S.C7H6O2.C6H15N/c1-21(2)18-10-4-5-11-19(18)23(15-7-8-16-28(24,25)26)22(21)14-13-17-9-3-6-12-20(17)27-22;1-12-15(2,3)13-8-4-5-9-14(13)16(12)10-6-7-11-20(17,18)19;8-5-6-3-1-2-4-7(6)9;1-4-7(5-2)6-3/h3-6,9-14H,7-8,15-16H2,1-2H3,(H,24,25,26);4-5,8-9H,6-7,10-11H2,1-3H3;1-5,9H;4-6H2,1-3H3. The predicted octanol–water partition coefficient (Wildman–Crippen LogP) is 9.22. The van der Waals surface area contributed by atoms with E-state index in [9.17, 15) is 26.2 Å². The fourth-order valence-electron chi connectivity index (χ4n) is 8.43. The Morgan fingerprint density at radius 1 is 0.766 bits per heavy atom. The first kappa shape index (κ1) is 51.8. The summed E-state index contributed by atoms with van der Waals surface area (Å²) in [4.78, 5) is 14.7. The lowest BCUT2D eigenvalue weighted by atomic mass is 9.76. The summed E-state index contributed by atoms with van der Waals surface area (Å²) in [7, 11) is -8.03. The van der Waals surface area contributed by atoms with Gasteiger partial charge in [0.2, 0.25) is 11.4 Å². The normalized spacial score (nSPS) is 17.5. The Labute approximate surface area is 381 Å². The van der Waals surface area contributed by atoms with Gasteiger partial charge in [-0.1, -0.05) is 87.5 Å². The second kappa shape index (κ2) is 22.4. The molecular weight excluding hydrogens is 851 g/mol. The van der Waals surface area contributed by atoms with Crippen LogP contribution >= 0.6 is 0 Å². The van der Waals surface area contributed by atoms with Crippen molar-refractivity contribution in [2.45, 2.75) is 97.6 Å². The molecule has 3 heterocycles. The summed E-state index contributed by atoms with van der Waals surface area (Å²) in [5.41, 5.74) is 6.44. The molecule has 0 saturated carbocycles. The molecule has 0 saturated heterocycles. The van der Waals surface area contributed by atoms with Gasteiger partial charge in [0.1, 0.15) is 18.0 Å². The minimum Gasteiger partial charge on any atom is -0.748 e. The van der Waals surface area contributed by atoms with E-state index >= 15 is 0 Å². The molecule has 64 heavy (non-hydrogen) atoms. The second-order valence-electron chi connectivity index (χ2n) is 17.1. The van der Waals surface area contributed by atoms with Crippen LogP contribution < -0.4 is 9.64 Å². The molecule has 0 fully saturated rings. The summed E-state index contributed by atoms with van der Waals surface area (Å²) in [5, 5.41) is 8.88. The molecule has 12 nitrogen and oxygen atoms in total. The molecule has 7 rings (SSSR count). The van der Waals surface area contributed by atoms with Gasteiger partial charge in [-0.25, -0.2) is 8.42 Å². The molecule has 0 aliphatic carbocycles. The lowest BCUT2D eigenvalue weighted by Gasteiger charge is -2.47. The summed E-state index contributed by atoms with van der Waals surface area (Å²) >= 11 is 0. The highest BCUT2D eigenvalue weighted by Crippen LogP contribution is 2.55. The number of ether oxygens (including phenoxy) is 1. The number of anilines is 1. The number of carbonyl (C=O) groups excluding carboxylic acids is 1. The van der Waals surface area contributed by atoms with E-state index in [0.29, 0.717) is 44.1 Å². The molecule has 4 aromatic carbocycles. The second-order valence-corrected chi connectivity index (χ2v) is 20.2. The van der Waals surface area contributed by atoms with Crippen molar-refractivity contribution in [3.05, 3.63) is 125 Å². The van der Waals surface area contributed by atoms with Crippen LogP contribution in [0.3, 0.4) is 0 Å². The third kappa shape index (κ3) is 12.7. The van der Waals surface area contributed by atoms with Crippen molar-refractivity contribution >= 4 is 49.7 Å². The maximum Gasteiger partial charge on any atom is 0.264 e. The fourth-order valence-corrected chi connectivity index (χ4v) is 9.56. The molecule has 0 bridgehead atoms. The lowest BCUT2D eigenvalue weighted by Crippen LogP contribution is -2.59. The summed E-state index contributed by atoms with van der Waals surface area (Å²) < 4.78 is 71.9. The van der Waals surface area contributed by atoms with Crippen LogP contribution in [-0.4, -0.2) is 102 Å². The average molecular weight is 918 g/mol. The minimum atomic E-state index is -4.09. The molecule has 0 radical (unpaired) electrons. The molecule has 4 aromatic rings. The number of phenols is 1. The van der Waals surface area contributed by atoms with Crippen molar-refractivity contribution in [3.63, 3.8) is 0 Å². The number of para-hydroxylation sites is 4. The van der Waals surface area contributed by atoms with Gasteiger partial charge in [0, 0.05) is 48.5 Å².